The Kier molecular flexibility index (Phi) is 6.82. The van der Waals surface area contributed by atoms with Crippen LogP contribution < -0.4 is 15.2 Å². The van der Waals surface area contributed by atoms with Crippen molar-refractivity contribution < 1.29 is 19.1 Å². The molecule has 3 aromatic rings. The number of hydrogen-bond donors (Lipinski definition) is 0. The number of pyridine rings is 1. The van der Waals surface area contributed by atoms with Crippen molar-refractivity contribution >= 4 is 29.3 Å². The Bertz CT molecular complexity index is 1420. The first-order valence-electron chi connectivity index (χ1n) is 11.5. The van der Waals surface area contributed by atoms with E-state index < -0.39 is 5.97 Å². The number of aromatic nitrogens is 2. The lowest BCUT2D eigenvalue weighted by Gasteiger charge is -2.32. The summed E-state index contributed by atoms with van der Waals surface area (Å²) in [7, 11) is 1.55. The number of rotatable bonds is 7. The average molecular weight is 474 g/mol. The van der Waals surface area contributed by atoms with Crippen molar-refractivity contribution in [3.8, 4) is 5.75 Å². The van der Waals surface area contributed by atoms with Gasteiger partial charge in [-0.15, -0.1) is 0 Å². The Labute approximate surface area is 203 Å². The molecule has 35 heavy (non-hydrogen) atoms. The van der Waals surface area contributed by atoms with Gasteiger partial charge in [-0.1, -0.05) is 13.0 Å². The molecule has 180 valence electrons. The highest BCUT2D eigenvalue weighted by Gasteiger charge is 2.32. The molecule has 2 aromatic heterocycles. The van der Waals surface area contributed by atoms with Gasteiger partial charge in [0.25, 0.3) is 5.56 Å². The SMILES string of the molecule is CCCN1C(=CC(=O)c2ccc(OC)cc2)C(C(=O)OCC)=Cc2c1nc1c(C)cccn1c2=O. The number of anilines is 1. The summed E-state index contributed by atoms with van der Waals surface area (Å²) in [4.78, 5) is 46.2. The number of allylic oxidation sites excluding steroid dienone is 1. The number of esters is 1. The van der Waals surface area contributed by atoms with Crippen LogP contribution in [0.25, 0.3) is 11.7 Å². The first-order chi connectivity index (χ1) is 16.9. The van der Waals surface area contributed by atoms with E-state index in [1.165, 1.54) is 16.6 Å². The average Bonchev–Trinajstić information content (AvgIpc) is 2.86. The largest absolute Gasteiger partial charge is 0.497 e. The van der Waals surface area contributed by atoms with E-state index in [2.05, 4.69) is 0 Å². The molecule has 0 saturated carbocycles. The molecule has 0 amide bonds. The molecule has 0 unspecified atom stereocenters. The maximum Gasteiger partial charge on any atom is 0.340 e. The van der Waals surface area contributed by atoms with Crippen LogP contribution in [0.5, 0.6) is 5.75 Å². The van der Waals surface area contributed by atoms with Gasteiger partial charge in [-0.25, -0.2) is 9.78 Å². The molecule has 0 aliphatic carbocycles. The lowest BCUT2D eigenvalue weighted by molar-refractivity contribution is -0.138. The van der Waals surface area contributed by atoms with Crippen LogP contribution >= 0.6 is 0 Å². The molecule has 1 aromatic carbocycles. The van der Waals surface area contributed by atoms with E-state index >= 15 is 0 Å². The number of ketones is 1. The third kappa shape index (κ3) is 4.47. The molecule has 8 heteroatoms. The predicted octanol–water partition coefficient (Wildman–Crippen LogP) is 3.95. The van der Waals surface area contributed by atoms with E-state index in [1.54, 1.807) is 55.5 Å². The van der Waals surface area contributed by atoms with Gasteiger partial charge in [-0.05, 0) is 62.2 Å². The van der Waals surface area contributed by atoms with Crippen molar-refractivity contribution in [2.45, 2.75) is 27.2 Å². The number of carbonyl (C=O) groups excluding carboxylic acids is 2. The summed E-state index contributed by atoms with van der Waals surface area (Å²) in [5, 5.41) is 0. The number of nitrogens with zero attached hydrogens (tertiary/aromatic N) is 3. The number of benzene rings is 1. The topological polar surface area (TPSA) is 90.2 Å². The van der Waals surface area contributed by atoms with Gasteiger partial charge in [0.1, 0.15) is 17.2 Å². The molecule has 4 rings (SSSR count). The summed E-state index contributed by atoms with van der Waals surface area (Å²) in [5.74, 6) is 0.137. The maximum atomic E-state index is 13.4. The van der Waals surface area contributed by atoms with Gasteiger partial charge in [-0.2, -0.15) is 0 Å². The fourth-order valence-electron chi connectivity index (χ4n) is 4.05. The number of aryl methyl sites for hydroxylation is 1. The zero-order valence-electron chi connectivity index (χ0n) is 20.2. The molecule has 3 heterocycles. The number of hydrogen-bond acceptors (Lipinski definition) is 7. The fourth-order valence-corrected chi connectivity index (χ4v) is 4.05. The van der Waals surface area contributed by atoms with Gasteiger partial charge < -0.3 is 14.4 Å². The molecular formula is C27H27N3O5. The maximum absolute atomic E-state index is 13.4. The Balaban J connectivity index is 1.95. The molecule has 0 radical (unpaired) electrons. The highest BCUT2D eigenvalue weighted by Crippen LogP contribution is 2.34. The second kappa shape index (κ2) is 9.97. The van der Waals surface area contributed by atoms with Gasteiger partial charge in [0.05, 0.1) is 30.6 Å². The lowest BCUT2D eigenvalue weighted by atomic mass is 9.99. The summed E-state index contributed by atoms with van der Waals surface area (Å²) >= 11 is 0. The van der Waals surface area contributed by atoms with Gasteiger partial charge in [0.2, 0.25) is 0 Å². The van der Waals surface area contributed by atoms with Gasteiger partial charge in [-0.3, -0.25) is 14.0 Å². The molecule has 0 atom stereocenters. The molecule has 0 N–H and O–H groups in total. The van der Waals surface area contributed by atoms with Crippen LogP contribution in [0.4, 0.5) is 5.82 Å². The quantitative estimate of drug-likeness (QED) is 0.292. The minimum Gasteiger partial charge on any atom is -0.497 e. The minimum absolute atomic E-state index is 0.140. The molecular weight excluding hydrogens is 446 g/mol. The Morgan fingerprint density at radius 2 is 1.86 bits per heavy atom. The number of carbonyl (C=O) groups is 2. The van der Waals surface area contributed by atoms with Crippen LogP contribution in [0.15, 0.2) is 64.7 Å². The van der Waals surface area contributed by atoms with Crippen LogP contribution in [0, 0.1) is 6.92 Å². The molecule has 0 bridgehead atoms. The first kappa shape index (κ1) is 23.9. The first-order valence-corrected chi connectivity index (χ1v) is 11.5. The van der Waals surface area contributed by atoms with Gasteiger partial charge >= 0.3 is 5.97 Å². The van der Waals surface area contributed by atoms with E-state index in [9.17, 15) is 14.4 Å². The second-order valence-corrected chi connectivity index (χ2v) is 8.09. The predicted molar refractivity (Wildman–Crippen MR) is 134 cm³/mol. The van der Waals surface area contributed by atoms with Crippen LogP contribution in [0.2, 0.25) is 0 Å². The zero-order chi connectivity index (χ0) is 25.1. The van der Waals surface area contributed by atoms with Gasteiger partial charge in [0.15, 0.2) is 5.78 Å². The summed E-state index contributed by atoms with van der Waals surface area (Å²) in [6.45, 7) is 6.16. The molecule has 1 aliphatic heterocycles. The molecule has 1 aliphatic rings. The van der Waals surface area contributed by atoms with Crippen molar-refractivity contribution in [3.63, 3.8) is 0 Å². The number of fused-ring (bicyclic) bond motifs is 2. The molecule has 8 nitrogen and oxygen atoms in total. The van der Waals surface area contributed by atoms with Crippen LogP contribution in [-0.4, -0.2) is 41.4 Å². The summed E-state index contributed by atoms with van der Waals surface area (Å²) in [6, 6.07) is 10.4. The van der Waals surface area contributed by atoms with Crippen LogP contribution in [0.1, 0.15) is 41.8 Å². The summed E-state index contributed by atoms with van der Waals surface area (Å²) < 4.78 is 11.9. The summed E-state index contributed by atoms with van der Waals surface area (Å²) in [6.07, 6.45) is 5.23. The second-order valence-electron chi connectivity index (χ2n) is 8.09. The highest BCUT2D eigenvalue weighted by atomic mass is 16.5. The Hall–Kier alpha value is -4.20. The Morgan fingerprint density at radius 1 is 1.11 bits per heavy atom. The van der Waals surface area contributed by atoms with Crippen molar-refractivity contribution in [2.24, 2.45) is 0 Å². The van der Waals surface area contributed by atoms with Gasteiger partial charge in [0, 0.05) is 24.4 Å². The fraction of sp³-hybridized carbons (Fsp3) is 0.259. The molecule has 0 spiro atoms. The summed E-state index contributed by atoms with van der Waals surface area (Å²) in [5.41, 5.74) is 2.27. The van der Waals surface area contributed by atoms with E-state index in [-0.39, 0.29) is 29.1 Å². The van der Waals surface area contributed by atoms with E-state index in [0.29, 0.717) is 41.4 Å². The number of ether oxygens (including phenoxy) is 2. The van der Waals surface area contributed by atoms with Crippen molar-refractivity contribution in [3.05, 3.63) is 87.0 Å². The van der Waals surface area contributed by atoms with E-state index in [0.717, 1.165) is 5.56 Å². The normalized spacial score (nSPS) is 14.0. The minimum atomic E-state index is -0.609. The van der Waals surface area contributed by atoms with Crippen LogP contribution in [-0.2, 0) is 9.53 Å². The van der Waals surface area contributed by atoms with Crippen molar-refractivity contribution in [1.29, 1.82) is 0 Å². The van der Waals surface area contributed by atoms with E-state index in [1.807, 2.05) is 19.9 Å². The molecule has 0 fully saturated rings. The Morgan fingerprint density at radius 3 is 2.51 bits per heavy atom. The third-order valence-electron chi connectivity index (χ3n) is 5.76. The monoisotopic (exact) mass is 473 g/mol. The zero-order valence-corrected chi connectivity index (χ0v) is 20.2. The third-order valence-corrected chi connectivity index (χ3v) is 5.76. The standard InChI is InChI=1S/C27H27N3O5/c1-5-13-29-22(16-23(31)18-9-11-19(34-4)12-10-18)20(27(33)35-6-2)15-21-25(29)28-24-17(3)8-7-14-30(24)26(21)32/h7-12,14-16H,5-6,13H2,1-4H3. The lowest BCUT2D eigenvalue weighted by Crippen LogP contribution is -2.35. The number of methoxy groups -OCH3 is 1. The smallest absolute Gasteiger partial charge is 0.340 e. The molecule has 0 saturated heterocycles. The van der Waals surface area contributed by atoms with E-state index in [4.69, 9.17) is 14.5 Å². The van der Waals surface area contributed by atoms with Crippen LogP contribution in [0.3, 0.4) is 0 Å². The highest BCUT2D eigenvalue weighted by molar-refractivity contribution is 6.10. The van der Waals surface area contributed by atoms with Crippen molar-refractivity contribution in [2.75, 3.05) is 25.2 Å². The van der Waals surface area contributed by atoms with Crippen molar-refractivity contribution in [1.82, 2.24) is 9.38 Å².